The van der Waals surface area contributed by atoms with E-state index in [-0.39, 0.29) is 11.6 Å². The Balaban J connectivity index is 2.00. The highest BCUT2D eigenvalue weighted by molar-refractivity contribution is 5.70. The largest absolute Gasteiger partial charge is 0.375 e. The SMILES string of the molecule is C/C(=C\c1nc2c(ncn2C(C)C)c(=O)[nH]1)N1CCCCC1. The fourth-order valence-corrected chi connectivity index (χ4v) is 2.93. The Morgan fingerprint density at radius 3 is 2.73 bits per heavy atom. The minimum absolute atomic E-state index is 0.179. The summed E-state index contributed by atoms with van der Waals surface area (Å²) in [4.78, 5) is 26.1. The van der Waals surface area contributed by atoms with Gasteiger partial charge in [-0.1, -0.05) is 0 Å². The zero-order valence-corrected chi connectivity index (χ0v) is 13.5. The van der Waals surface area contributed by atoms with E-state index in [0.29, 0.717) is 17.0 Å². The van der Waals surface area contributed by atoms with Gasteiger partial charge in [0.05, 0.1) is 6.33 Å². The van der Waals surface area contributed by atoms with Crippen molar-refractivity contribution in [2.24, 2.45) is 0 Å². The Bertz CT molecular complexity index is 749. The minimum atomic E-state index is -0.179. The van der Waals surface area contributed by atoms with Gasteiger partial charge in [0.15, 0.2) is 11.2 Å². The van der Waals surface area contributed by atoms with E-state index in [1.807, 2.05) is 10.6 Å². The van der Waals surface area contributed by atoms with Crippen LogP contribution in [0.2, 0.25) is 0 Å². The number of H-pyrrole nitrogens is 1. The summed E-state index contributed by atoms with van der Waals surface area (Å²) < 4.78 is 1.93. The lowest BCUT2D eigenvalue weighted by atomic mass is 10.1. The number of imidazole rings is 1. The third-order valence-electron chi connectivity index (χ3n) is 4.21. The molecule has 0 unspecified atom stereocenters. The van der Waals surface area contributed by atoms with E-state index in [0.717, 1.165) is 18.8 Å². The molecule has 0 bridgehead atoms. The molecule has 6 heteroatoms. The van der Waals surface area contributed by atoms with E-state index in [2.05, 4.69) is 40.6 Å². The molecule has 1 fully saturated rings. The quantitative estimate of drug-likeness (QED) is 0.946. The first kappa shape index (κ1) is 14.8. The number of piperidine rings is 1. The molecule has 1 aliphatic rings. The van der Waals surface area contributed by atoms with Crippen molar-refractivity contribution in [3.05, 3.63) is 28.2 Å². The molecule has 6 nitrogen and oxygen atoms in total. The Hall–Kier alpha value is -2.11. The summed E-state index contributed by atoms with van der Waals surface area (Å²) in [5, 5.41) is 0. The number of likely N-dealkylation sites (tertiary alicyclic amines) is 1. The van der Waals surface area contributed by atoms with Gasteiger partial charge in [0.2, 0.25) is 0 Å². The first-order chi connectivity index (χ1) is 10.6. The number of aromatic amines is 1. The van der Waals surface area contributed by atoms with Gasteiger partial charge in [-0.3, -0.25) is 4.79 Å². The maximum atomic E-state index is 12.2. The van der Waals surface area contributed by atoms with Gasteiger partial charge in [-0.15, -0.1) is 0 Å². The number of hydrogen-bond acceptors (Lipinski definition) is 4. The number of nitrogens with zero attached hydrogens (tertiary/aromatic N) is 4. The fraction of sp³-hybridized carbons (Fsp3) is 0.562. The topological polar surface area (TPSA) is 66.8 Å². The molecule has 1 aliphatic heterocycles. The van der Waals surface area contributed by atoms with Crippen LogP contribution in [0.15, 0.2) is 16.8 Å². The molecular weight excluding hydrogens is 278 g/mol. The van der Waals surface area contributed by atoms with Crippen LogP contribution in [-0.2, 0) is 0 Å². The van der Waals surface area contributed by atoms with Gasteiger partial charge in [0, 0.05) is 24.8 Å². The van der Waals surface area contributed by atoms with Crippen LogP contribution in [0.3, 0.4) is 0 Å². The minimum Gasteiger partial charge on any atom is -0.375 e. The van der Waals surface area contributed by atoms with Crippen molar-refractivity contribution in [3.63, 3.8) is 0 Å². The maximum Gasteiger partial charge on any atom is 0.279 e. The van der Waals surface area contributed by atoms with Gasteiger partial charge in [0.1, 0.15) is 5.82 Å². The molecule has 22 heavy (non-hydrogen) atoms. The Kier molecular flexibility index (Phi) is 4.00. The zero-order valence-electron chi connectivity index (χ0n) is 13.5. The molecule has 0 aromatic carbocycles. The van der Waals surface area contributed by atoms with Crippen LogP contribution in [0.4, 0.5) is 0 Å². The number of hydrogen-bond donors (Lipinski definition) is 1. The van der Waals surface area contributed by atoms with E-state index in [9.17, 15) is 4.79 Å². The van der Waals surface area contributed by atoms with E-state index in [4.69, 9.17) is 0 Å². The van der Waals surface area contributed by atoms with Crippen LogP contribution in [0.5, 0.6) is 0 Å². The number of rotatable bonds is 3. The molecule has 0 spiro atoms. The smallest absolute Gasteiger partial charge is 0.279 e. The van der Waals surface area contributed by atoms with Gasteiger partial charge < -0.3 is 14.5 Å². The molecular formula is C16H23N5O. The van der Waals surface area contributed by atoms with E-state index in [1.54, 1.807) is 6.33 Å². The third kappa shape index (κ3) is 2.77. The first-order valence-corrected chi connectivity index (χ1v) is 7.96. The summed E-state index contributed by atoms with van der Waals surface area (Å²) in [7, 11) is 0. The monoisotopic (exact) mass is 301 g/mol. The molecule has 3 rings (SSSR count). The highest BCUT2D eigenvalue weighted by Gasteiger charge is 2.13. The summed E-state index contributed by atoms with van der Waals surface area (Å²) in [6.07, 6.45) is 7.41. The molecule has 2 aromatic rings. The van der Waals surface area contributed by atoms with Crippen molar-refractivity contribution in [1.82, 2.24) is 24.4 Å². The average Bonchev–Trinajstić information content (AvgIpc) is 2.92. The Labute approximate surface area is 129 Å². The summed E-state index contributed by atoms with van der Waals surface area (Å²) in [6, 6.07) is 0.222. The van der Waals surface area contributed by atoms with E-state index < -0.39 is 0 Å². The lowest BCUT2D eigenvalue weighted by molar-refractivity contribution is 0.288. The van der Waals surface area contributed by atoms with Crippen LogP contribution < -0.4 is 5.56 Å². The molecule has 0 radical (unpaired) electrons. The second-order valence-electron chi connectivity index (χ2n) is 6.20. The number of fused-ring (bicyclic) bond motifs is 1. The van der Waals surface area contributed by atoms with Crippen LogP contribution >= 0.6 is 0 Å². The molecule has 3 heterocycles. The summed E-state index contributed by atoms with van der Waals surface area (Å²) in [5.41, 5.74) is 2.03. The maximum absolute atomic E-state index is 12.2. The molecule has 0 saturated carbocycles. The van der Waals surface area contributed by atoms with Crippen molar-refractivity contribution in [3.8, 4) is 0 Å². The number of aromatic nitrogens is 4. The zero-order chi connectivity index (χ0) is 15.7. The lowest BCUT2D eigenvalue weighted by Gasteiger charge is -2.29. The molecule has 0 amide bonds. The summed E-state index contributed by atoms with van der Waals surface area (Å²) >= 11 is 0. The molecule has 118 valence electrons. The molecule has 2 aromatic heterocycles. The predicted octanol–water partition coefficient (Wildman–Crippen LogP) is 2.55. The highest BCUT2D eigenvalue weighted by atomic mass is 16.1. The van der Waals surface area contributed by atoms with Crippen molar-refractivity contribution in [1.29, 1.82) is 0 Å². The van der Waals surface area contributed by atoms with Gasteiger partial charge in [-0.2, -0.15) is 0 Å². The highest BCUT2D eigenvalue weighted by Crippen LogP contribution is 2.17. The van der Waals surface area contributed by atoms with Crippen LogP contribution in [-0.4, -0.2) is 37.5 Å². The van der Waals surface area contributed by atoms with Gasteiger partial charge in [0.25, 0.3) is 5.56 Å². The molecule has 1 saturated heterocycles. The predicted molar refractivity (Wildman–Crippen MR) is 87.6 cm³/mol. The summed E-state index contributed by atoms with van der Waals surface area (Å²) in [6.45, 7) is 8.35. The second kappa shape index (κ2) is 5.94. The van der Waals surface area contributed by atoms with Gasteiger partial charge in [-0.05, 0) is 46.1 Å². The Morgan fingerprint density at radius 2 is 2.05 bits per heavy atom. The standard InChI is InChI=1S/C16H23N5O/c1-11(2)21-10-17-14-15(21)18-13(19-16(14)22)9-12(3)20-7-5-4-6-8-20/h9-11H,4-8H2,1-3H3,(H,18,19,22)/b12-9+. The third-order valence-corrected chi connectivity index (χ3v) is 4.21. The van der Waals surface area contributed by atoms with Gasteiger partial charge >= 0.3 is 0 Å². The van der Waals surface area contributed by atoms with E-state index in [1.165, 1.54) is 19.3 Å². The molecule has 0 aliphatic carbocycles. The molecule has 1 N–H and O–H groups in total. The number of nitrogens with one attached hydrogen (secondary N) is 1. The van der Waals surface area contributed by atoms with Crippen molar-refractivity contribution in [2.45, 2.75) is 46.1 Å². The van der Waals surface area contributed by atoms with Crippen LogP contribution in [0.25, 0.3) is 17.2 Å². The normalized spacial score (nSPS) is 16.7. The van der Waals surface area contributed by atoms with Gasteiger partial charge in [-0.25, -0.2) is 9.97 Å². The van der Waals surface area contributed by atoms with Crippen molar-refractivity contribution >= 4 is 17.2 Å². The van der Waals surface area contributed by atoms with Crippen LogP contribution in [0.1, 0.15) is 51.9 Å². The van der Waals surface area contributed by atoms with Crippen molar-refractivity contribution in [2.75, 3.05) is 13.1 Å². The van der Waals surface area contributed by atoms with E-state index >= 15 is 0 Å². The summed E-state index contributed by atoms with van der Waals surface area (Å²) in [5.74, 6) is 0.600. The molecule has 0 atom stereocenters. The van der Waals surface area contributed by atoms with Crippen LogP contribution in [0, 0.1) is 0 Å². The fourth-order valence-electron chi connectivity index (χ4n) is 2.93. The second-order valence-corrected chi connectivity index (χ2v) is 6.20. The van der Waals surface area contributed by atoms with Crippen molar-refractivity contribution < 1.29 is 0 Å². The number of allylic oxidation sites excluding steroid dienone is 1. The average molecular weight is 301 g/mol. The lowest BCUT2D eigenvalue weighted by Crippen LogP contribution is -2.28. The first-order valence-electron chi connectivity index (χ1n) is 7.96. The Morgan fingerprint density at radius 1 is 1.32 bits per heavy atom.